The lowest BCUT2D eigenvalue weighted by atomic mass is 10.1. The average Bonchev–Trinajstić information content (AvgIpc) is 2.90. The first-order chi connectivity index (χ1) is 17.5. The van der Waals surface area contributed by atoms with Crippen LogP contribution in [0.1, 0.15) is 24.6 Å². The van der Waals surface area contributed by atoms with Gasteiger partial charge in [-0.15, -0.1) is 10.2 Å². The Morgan fingerprint density at radius 1 is 0.972 bits per heavy atom. The molecule has 0 aliphatic carbocycles. The van der Waals surface area contributed by atoms with Crippen LogP contribution >= 0.6 is 0 Å². The molecule has 0 aliphatic heterocycles. The zero-order valence-electron chi connectivity index (χ0n) is 20.8. The molecule has 2 aromatic carbocycles. The van der Waals surface area contributed by atoms with E-state index in [1.807, 2.05) is 31.2 Å². The van der Waals surface area contributed by atoms with E-state index in [0.29, 0.717) is 55.7 Å². The van der Waals surface area contributed by atoms with E-state index in [1.54, 1.807) is 25.3 Å². The zero-order chi connectivity index (χ0) is 25.8. The predicted molar refractivity (Wildman–Crippen MR) is 135 cm³/mol. The summed E-state index contributed by atoms with van der Waals surface area (Å²) in [6.45, 7) is 3.87. The monoisotopic (exact) mass is 496 g/mol. The molecule has 1 heterocycles. The Hall–Kier alpha value is -3.92. The Morgan fingerprint density at radius 3 is 2.53 bits per heavy atom. The molecule has 0 spiro atoms. The smallest absolute Gasteiger partial charge is 0.273 e. The van der Waals surface area contributed by atoms with Crippen LogP contribution < -0.4 is 25.1 Å². The van der Waals surface area contributed by atoms with Gasteiger partial charge in [-0.25, -0.2) is 0 Å². The molecular weight excluding hydrogens is 464 g/mol. The third kappa shape index (κ3) is 7.54. The van der Waals surface area contributed by atoms with E-state index in [9.17, 15) is 9.59 Å². The normalized spacial score (nSPS) is 10.6. The van der Waals surface area contributed by atoms with E-state index in [-0.39, 0.29) is 24.4 Å². The molecule has 3 aromatic rings. The van der Waals surface area contributed by atoms with E-state index in [4.69, 9.17) is 18.9 Å². The first kappa shape index (κ1) is 26.7. The second kappa shape index (κ2) is 13.8. The molecule has 3 rings (SSSR count). The van der Waals surface area contributed by atoms with Gasteiger partial charge in [0.15, 0.2) is 17.3 Å². The minimum atomic E-state index is -0.391. The summed E-state index contributed by atoms with van der Waals surface area (Å²) >= 11 is 0. The minimum absolute atomic E-state index is 0.130. The highest BCUT2D eigenvalue weighted by Gasteiger charge is 2.12. The zero-order valence-corrected chi connectivity index (χ0v) is 20.8. The Morgan fingerprint density at radius 2 is 1.78 bits per heavy atom. The third-order valence-corrected chi connectivity index (χ3v) is 5.39. The number of H-pyrrole nitrogens is 1. The maximum atomic E-state index is 12.5. The molecule has 192 valence electrons. The van der Waals surface area contributed by atoms with Crippen molar-refractivity contribution in [1.29, 1.82) is 0 Å². The number of aromatic nitrogens is 3. The van der Waals surface area contributed by atoms with Crippen molar-refractivity contribution in [2.24, 2.45) is 0 Å². The highest BCUT2D eigenvalue weighted by Crippen LogP contribution is 2.31. The molecule has 10 nitrogen and oxygen atoms in total. The predicted octanol–water partition coefficient (Wildman–Crippen LogP) is 2.56. The summed E-state index contributed by atoms with van der Waals surface area (Å²) in [6.07, 6.45) is 0.953. The van der Waals surface area contributed by atoms with Crippen molar-refractivity contribution < 1.29 is 23.7 Å². The lowest BCUT2D eigenvalue weighted by Crippen LogP contribution is -2.27. The van der Waals surface area contributed by atoms with Crippen LogP contribution in [0.2, 0.25) is 0 Å². The summed E-state index contributed by atoms with van der Waals surface area (Å²) < 4.78 is 21.7. The molecule has 1 amide bonds. The van der Waals surface area contributed by atoms with Gasteiger partial charge < -0.3 is 29.2 Å². The maximum Gasteiger partial charge on any atom is 0.273 e. The number of benzene rings is 2. The van der Waals surface area contributed by atoms with E-state index in [0.717, 1.165) is 11.3 Å². The van der Waals surface area contributed by atoms with Gasteiger partial charge in [0.05, 0.1) is 20.8 Å². The van der Waals surface area contributed by atoms with Crippen molar-refractivity contribution in [2.75, 3.05) is 40.6 Å². The van der Waals surface area contributed by atoms with Crippen LogP contribution in [0.5, 0.6) is 17.2 Å². The van der Waals surface area contributed by atoms with Crippen molar-refractivity contribution in [3.8, 4) is 28.6 Å². The number of amides is 1. The molecular formula is C26H32N4O6. The van der Waals surface area contributed by atoms with Crippen LogP contribution in [0.3, 0.4) is 0 Å². The number of para-hydroxylation sites is 1. The summed E-state index contributed by atoms with van der Waals surface area (Å²) in [5.74, 6) is 1.98. The molecule has 10 heteroatoms. The SMILES string of the molecule is CCOCCOc1ccc(-c2nnc(CCC(=O)NCCc3ccccc3OC)c(=O)[nH]2)cc1OC. The Bertz CT molecular complexity index is 1200. The van der Waals surface area contributed by atoms with Gasteiger partial charge in [0.25, 0.3) is 5.56 Å². The summed E-state index contributed by atoms with van der Waals surface area (Å²) in [5.41, 5.74) is 1.44. The van der Waals surface area contributed by atoms with Gasteiger partial charge in [0.1, 0.15) is 18.1 Å². The summed E-state index contributed by atoms with van der Waals surface area (Å²) in [6, 6.07) is 12.9. The topological polar surface area (TPSA) is 125 Å². The highest BCUT2D eigenvalue weighted by atomic mass is 16.5. The molecule has 36 heavy (non-hydrogen) atoms. The average molecular weight is 497 g/mol. The van der Waals surface area contributed by atoms with Crippen LogP contribution in [-0.2, 0) is 22.4 Å². The van der Waals surface area contributed by atoms with Gasteiger partial charge in [0, 0.05) is 31.6 Å². The van der Waals surface area contributed by atoms with Crippen molar-refractivity contribution in [1.82, 2.24) is 20.5 Å². The van der Waals surface area contributed by atoms with Crippen molar-refractivity contribution in [3.05, 3.63) is 64.1 Å². The fourth-order valence-electron chi connectivity index (χ4n) is 3.51. The van der Waals surface area contributed by atoms with E-state index in [1.165, 1.54) is 7.11 Å². The number of hydrogen-bond donors (Lipinski definition) is 2. The van der Waals surface area contributed by atoms with Gasteiger partial charge in [-0.1, -0.05) is 18.2 Å². The molecule has 1 aromatic heterocycles. The fraction of sp³-hybridized carbons (Fsp3) is 0.385. The quantitative estimate of drug-likeness (QED) is 0.326. The third-order valence-electron chi connectivity index (χ3n) is 5.39. The van der Waals surface area contributed by atoms with Gasteiger partial charge in [-0.05, 0) is 43.2 Å². The molecule has 0 aliphatic rings. The van der Waals surface area contributed by atoms with Crippen LogP contribution in [0, 0.1) is 0 Å². The molecule has 0 radical (unpaired) electrons. The molecule has 0 atom stereocenters. The first-order valence-corrected chi connectivity index (χ1v) is 11.8. The second-order valence-corrected chi connectivity index (χ2v) is 7.77. The van der Waals surface area contributed by atoms with Gasteiger partial charge in [0.2, 0.25) is 5.91 Å². The molecule has 0 fully saturated rings. The van der Waals surface area contributed by atoms with Crippen LogP contribution in [0.4, 0.5) is 0 Å². The lowest BCUT2D eigenvalue weighted by Gasteiger charge is -2.12. The Balaban J connectivity index is 1.54. The number of nitrogens with zero attached hydrogens (tertiary/aromatic N) is 2. The number of methoxy groups -OCH3 is 2. The fourth-order valence-corrected chi connectivity index (χ4v) is 3.51. The largest absolute Gasteiger partial charge is 0.496 e. The molecule has 0 unspecified atom stereocenters. The standard InChI is InChI=1S/C26H32N4O6/c1-4-35-15-16-36-22-11-9-19(17-23(22)34-3)25-28-26(32)20(29-30-25)10-12-24(31)27-14-13-18-7-5-6-8-21(18)33-2/h5-9,11,17H,4,10,12-16H2,1-3H3,(H,27,31)(H,28,30,32). The number of carbonyl (C=O) groups is 1. The number of carbonyl (C=O) groups excluding carboxylic acids is 1. The van der Waals surface area contributed by atoms with Gasteiger partial charge in [-0.2, -0.15) is 0 Å². The van der Waals surface area contributed by atoms with Gasteiger partial charge in [-0.3, -0.25) is 9.59 Å². The van der Waals surface area contributed by atoms with Crippen LogP contribution in [0.25, 0.3) is 11.4 Å². The molecule has 0 bridgehead atoms. The Kier molecular flexibility index (Phi) is 10.3. The van der Waals surface area contributed by atoms with Crippen LogP contribution in [-0.4, -0.2) is 61.7 Å². The van der Waals surface area contributed by atoms with E-state index in [2.05, 4.69) is 20.5 Å². The van der Waals surface area contributed by atoms with Gasteiger partial charge >= 0.3 is 0 Å². The number of ether oxygens (including phenoxy) is 4. The van der Waals surface area contributed by atoms with Crippen molar-refractivity contribution in [3.63, 3.8) is 0 Å². The molecule has 0 saturated carbocycles. The number of nitrogens with one attached hydrogen (secondary N) is 2. The number of hydrogen-bond acceptors (Lipinski definition) is 8. The van der Waals surface area contributed by atoms with Crippen LogP contribution in [0.15, 0.2) is 47.3 Å². The lowest BCUT2D eigenvalue weighted by molar-refractivity contribution is -0.121. The second-order valence-electron chi connectivity index (χ2n) is 7.77. The summed E-state index contributed by atoms with van der Waals surface area (Å²) in [5, 5.41) is 11.0. The van der Waals surface area contributed by atoms with Crippen molar-refractivity contribution in [2.45, 2.75) is 26.2 Å². The number of rotatable bonds is 14. The highest BCUT2D eigenvalue weighted by molar-refractivity contribution is 5.76. The molecule has 0 saturated heterocycles. The number of aryl methyl sites for hydroxylation is 1. The number of aromatic amines is 1. The minimum Gasteiger partial charge on any atom is -0.496 e. The molecule has 2 N–H and O–H groups in total. The van der Waals surface area contributed by atoms with E-state index >= 15 is 0 Å². The van der Waals surface area contributed by atoms with E-state index < -0.39 is 5.56 Å². The summed E-state index contributed by atoms with van der Waals surface area (Å²) in [4.78, 5) is 27.5. The summed E-state index contributed by atoms with van der Waals surface area (Å²) in [7, 11) is 3.15. The van der Waals surface area contributed by atoms with Crippen molar-refractivity contribution >= 4 is 5.91 Å². The first-order valence-electron chi connectivity index (χ1n) is 11.8. The maximum absolute atomic E-state index is 12.5. The Labute approximate surface area is 210 Å².